The lowest BCUT2D eigenvalue weighted by atomic mass is 9.87. The number of hydrogen-bond donors (Lipinski definition) is 2. The first-order valence-corrected chi connectivity index (χ1v) is 5.77. The van der Waals surface area contributed by atoms with Crippen LogP contribution < -0.4 is 10.6 Å². The molecule has 3 heteroatoms. The lowest BCUT2D eigenvalue weighted by molar-refractivity contribution is 0.252. The minimum Gasteiger partial charge on any atom is -0.315 e. The molecule has 92 valence electrons. The van der Waals surface area contributed by atoms with Crippen LogP contribution in [0.25, 0.3) is 0 Å². The molecular formula is C12H29N3. The van der Waals surface area contributed by atoms with Crippen LogP contribution in [-0.4, -0.2) is 50.2 Å². The van der Waals surface area contributed by atoms with E-state index in [0.29, 0.717) is 0 Å². The van der Waals surface area contributed by atoms with Gasteiger partial charge in [0.25, 0.3) is 0 Å². The fourth-order valence-corrected chi connectivity index (χ4v) is 1.87. The van der Waals surface area contributed by atoms with Crippen molar-refractivity contribution in [2.24, 2.45) is 0 Å². The van der Waals surface area contributed by atoms with E-state index < -0.39 is 0 Å². The zero-order chi connectivity index (χ0) is 12.1. The van der Waals surface area contributed by atoms with Gasteiger partial charge in [0.05, 0.1) is 0 Å². The highest BCUT2D eigenvalue weighted by Gasteiger charge is 2.26. The standard InChI is InChI=1S/C12H29N3/c1-11(2,13-5)10-12(3,4)14-8-9-15(6)7/h13-14H,8-10H2,1-7H3. The van der Waals surface area contributed by atoms with E-state index in [9.17, 15) is 0 Å². The average molecular weight is 215 g/mol. The highest BCUT2D eigenvalue weighted by atomic mass is 15.1. The number of nitrogens with zero attached hydrogens (tertiary/aromatic N) is 1. The predicted octanol–water partition coefficient (Wildman–Crippen LogP) is 1.30. The fourth-order valence-electron chi connectivity index (χ4n) is 1.87. The van der Waals surface area contributed by atoms with Crippen molar-refractivity contribution in [3.05, 3.63) is 0 Å². The highest BCUT2D eigenvalue weighted by Crippen LogP contribution is 2.18. The van der Waals surface area contributed by atoms with Gasteiger partial charge in [-0.15, -0.1) is 0 Å². The molecule has 0 spiro atoms. The SMILES string of the molecule is CNC(C)(C)CC(C)(C)NCCN(C)C. The van der Waals surface area contributed by atoms with Gasteiger partial charge < -0.3 is 15.5 Å². The van der Waals surface area contributed by atoms with Crippen LogP contribution in [0.15, 0.2) is 0 Å². The van der Waals surface area contributed by atoms with Crippen LogP contribution in [0.4, 0.5) is 0 Å². The van der Waals surface area contributed by atoms with Crippen LogP contribution in [0, 0.1) is 0 Å². The van der Waals surface area contributed by atoms with E-state index in [2.05, 4.69) is 57.3 Å². The van der Waals surface area contributed by atoms with Gasteiger partial charge in [0, 0.05) is 24.2 Å². The summed E-state index contributed by atoms with van der Waals surface area (Å²) < 4.78 is 0. The van der Waals surface area contributed by atoms with Crippen LogP contribution in [0.5, 0.6) is 0 Å². The van der Waals surface area contributed by atoms with Gasteiger partial charge in [0.1, 0.15) is 0 Å². The fraction of sp³-hybridized carbons (Fsp3) is 1.00. The summed E-state index contributed by atoms with van der Waals surface area (Å²) in [7, 11) is 6.23. The van der Waals surface area contributed by atoms with Crippen LogP contribution >= 0.6 is 0 Å². The molecule has 0 unspecified atom stereocenters. The molecule has 3 nitrogen and oxygen atoms in total. The van der Waals surface area contributed by atoms with Gasteiger partial charge in [-0.05, 0) is 55.3 Å². The minimum absolute atomic E-state index is 0.183. The molecule has 0 bridgehead atoms. The second-order valence-corrected chi connectivity index (χ2v) is 5.92. The van der Waals surface area contributed by atoms with Crippen LogP contribution in [0.1, 0.15) is 34.1 Å². The molecule has 0 amide bonds. The minimum atomic E-state index is 0.183. The molecule has 0 aliphatic heterocycles. The first-order valence-electron chi connectivity index (χ1n) is 5.77. The Labute approximate surface area is 95.6 Å². The van der Waals surface area contributed by atoms with E-state index in [1.54, 1.807) is 0 Å². The molecule has 2 N–H and O–H groups in total. The molecule has 15 heavy (non-hydrogen) atoms. The Balaban J connectivity index is 3.96. The summed E-state index contributed by atoms with van der Waals surface area (Å²) in [4.78, 5) is 2.20. The largest absolute Gasteiger partial charge is 0.315 e. The van der Waals surface area contributed by atoms with Gasteiger partial charge in [-0.3, -0.25) is 0 Å². The van der Waals surface area contributed by atoms with E-state index in [1.165, 1.54) is 0 Å². The molecule has 0 fully saturated rings. The maximum atomic E-state index is 3.60. The van der Waals surface area contributed by atoms with E-state index in [-0.39, 0.29) is 11.1 Å². The van der Waals surface area contributed by atoms with Gasteiger partial charge in [-0.2, -0.15) is 0 Å². The summed E-state index contributed by atoms with van der Waals surface area (Å²) in [6, 6.07) is 0. The highest BCUT2D eigenvalue weighted by molar-refractivity contribution is 4.89. The van der Waals surface area contributed by atoms with Crippen molar-refractivity contribution in [1.82, 2.24) is 15.5 Å². The van der Waals surface area contributed by atoms with E-state index in [4.69, 9.17) is 0 Å². The molecule has 0 aliphatic rings. The van der Waals surface area contributed by atoms with Crippen LogP contribution in [-0.2, 0) is 0 Å². The molecule has 0 rings (SSSR count). The van der Waals surface area contributed by atoms with Crippen molar-refractivity contribution in [1.29, 1.82) is 0 Å². The third-order valence-electron chi connectivity index (χ3n) is 2.72. The first-order chi connectivity index (χ1) is 6.68. The Morgan fingerprint density at radius 3 is 1.93 bits per heavy atom. The topological polar surface area (TPSA) is 27.3 Å². The van der Waals surface area contributed by atoms with Gasteiger partial charge in [-0.1, -0.05) is 0 Å². The summed E-state index contributed by atoms with van der Waals surface area (Å²) in [5.41, 5.74) is 0.372. The van der Waals surface area contributed by atoms with Gasteiger partial charge >= 0.3 is 0 Å². The van der Waals surface area contributed by atoms with Gasteiger partial charge in [0.2, 0.25) is 0 Å². The third kappa shape index (κ3) is 7.77. The Morgan fingerprint density at radius 2 is 1.53 bits per heavy atom. The van der Waals surface area contributed by atoms with Crippen molar-refractivity contribution in [3.8, 4) is 0 Å². The monoisotopic (exact) mass is 215 g/mol. The van der Waals surface area contributed by atoms with Gasteiger partial charge in [0.15, 0.2) is 0 Å². The van der Waals surface area contributed by atoms with Crippen molar-refractivity contribution < 1.29 is 0 Å². The number of rotatable bonds is 7. The molecule has 0 saturated carbocycles. The van der Waals surface area contributed by atoms with Crippen molar-refractivity contribution >= 4 is 0 Å². The van der Waals surface area contributed by atoms with E-state index in [1.807, 2.05) is 7.05 Å². The van der Waals surface area contributed by atoms with E-state index >= 15 is 0 Å². The quantitative estimate of drug-likeness (QED) is 0.670. The molecule has 0 heterocycles. The Hall–Kier alpha value is -0.120. The summed E-state index contributed by atoms with van der Waals surface area (Å²) in [5.74, 6) is 0. The number of hydrogen-bond acceptors (Lipinski definition) is 3. The maximum absolute atomic E-state index is 3.60. The molecule has 0 aromatic rings. The summed E-state index contributed by atoms with van der Waals surface area (Å²) >= 11 is 0. The second-order valence-electron chi connectivity index (χ2n) is 5.92. The molecule has 0 aromatic heterocycles. The molecule has 0 saturated heterocycles. The smallest absolute Gasteiger partial charge is 0.0143 e. The number of nitrogens with one attached hydrogen (secondary N) is 2. The third-order valence-corrected chi connectivity index (χ3v) is 2.72. The van der Waals surface area contributed by atoms with E-state index in [0.717, 1.165) is 19.5 Å². The Bertz CT molecular complexity index is 174. The molecule has 0 aromatic carbocycles. The Kier molecular flexibility index (Phi) is 5.78. The average Bonchev–Trinajstić information content (AvgIpc) is 2.01. The second kappa shape index (κ2) is 5.83. The Morgan fingerprint density at radius 1 is 1.00 bits per heavy atom. The molecule has 0 atom stereocenters. The summed E-state index contributed by atoms with van der Waals surface area (Å²) in [6.07, 6.45) is 1.12. The maximum Gasteiger partial charge on any atom is 0.0143 e. The summed E-state index contributed by atoms with van der Waals surface area (Å²) in [6.45, 7) is 11.1. The van der Waals surface area contributed by atoms with Crippen molar-refractivity contribution in [3.63, 3.8) is 0 Å². The number of likely N-dealkylation sites (N-methyl/N-ethyl adjacent to an activating group) is 1. The zero-order valence-corrected chi connectivity index (χ0v) is 11.6. The molecule has 0 aliphatic carbocycles. The first kappa shape index (κ1) is 14.9. The molecule has 0 radical (unpaired) electrons. The van der Waals surface area contributed by atoms with Crippen LogP contribution in [0.3, 0.4) is 0 Å². The lowest BCUT2D eigenvalue weighted by Crippen LogP contribution is -2.50. The van der Waals surface area contributed by atoms with Crippen LogP contribution in [0.2, 0.25) is 0 Å². The normalized spacial score (nSPS) is 13.6. The van der Waals surface area contributed by atoms with Crippen molar-refractivity contribution in [2.75, 3.05) is 34.2 Å². The van der Waals surface area contributed by atoms with Gasteiger partial charge in [-0.25, -0.2) is 0 Å². The lowest BCUT2D eigenvalue weighted by Gasteiger charge is -2.36. The molecular weight excluding hydrogens is 186 g/mol. The van der Waals surface area contributed by atoms with Crippen molar-refractivity contribution in [2.45, 2.75) is 45.2 Å². The summed E-state index contributed by atoms with van der Waals surface area (Å²) in [5, 5.41) is 6.95. The predicted molar refractivity (Wildman–Crippen MR) is 68.4 cm³/mol. The zero-order valence-electron chi connectivity index (χ0n) is 11.6.